The van der Waals surface area contributed by atoms with Gasteiger partial charge in [0.2, 0.25) is 11.8 Å². The van der Waals surface area contributed by atoms with Gasteiger partial charge in [0.25, 0.3) is 0 Å². The molecule has 0 spiro atoms. The molecular formula is C25H29N3O2. The van der Waals surface area contributed by atoms with Crippen molar-refractivity contribution in [2.24, 2.45) is 0 Å². The zero-order valence-electron chi connectivity index (χ0n) is 17.8. The highest BCUT2D eigenvalue weighted by molar-refractivity contribution is 5.95. The highest BCUT2D eigenvalue weighted by Gasteiger charge is 2.30. The lowest BCUT2D eigenvalue weighted by molar-refractivity contribution is -0.134. The second kappa shape index (κ2) is 10.1. The predicted octanol–water partition coefficient (Wildman–Crippen LogP) is 4.69. The number of nitrogens with zero attached hydrogens (tertiary/aromatic N) is 3. The SMILES string of the molecule is Cc1ccc(C2CCCN2C(=O)CCC(=O)N(CCC#N)c2ccccc2)cc1C. The van der Waals surface area contributed by atoms with Crippen LogP contribution in [-0.2, 0) is 9.59 Å². The summed E-state index contributed by atoms with van der Waals surface area (Å²) in [7, 11) is 0. The van der Waals surface area contributed by atoms with Crippen molar-refractivity contribution in [1.82, 2.24) is 4.90 Å². The Hall–Kier alpha value is -3.13. The highest BCUT2D eigenvalue weighted by atomic mass is 16.2. The van der Waals surface area contributed by atoms with Crippen LogP contribution in [0.5, 0.6) is 0 Å². The first kappa shape index (κ1) is 21.6. The fraction of sp³-hybridized carbons (Fsp3) is 0.400. The van der Waals surface area contributed by atoms with Gasteiger partial charge in [-0.15, -0.1) is 0 Å². The van der Waals surface area contributed by atoms with Gasteiger partial charge in [-0.25, -0.2) is 0 Å². The highest BCUT2D eigenvalue weighted by Crippen LogP contribution is 2.33. The fourth-order valence-corrected chi connectivity index (χ4v) is 4.04. The van der Waals surface area contributed by atoms with Crippen LogP contribution in [0.2, 0.25) is 0 Å². The summed E-state index contributed by atoms with van der Waals surface area (Å²) in [5.41, 5.74) is 4.42. The summed E-state index contributed by atoms with van der Waals surface area (Å²) < 4.78 is 0. The lowest BCUT2D eigenvalue weighted by Gasteiger charge is -2.26. The molecule has 0 bridgehead atoms. The molecule has 1 saturated heterocycles. The van der Waals surface area contributed by atoms with E-state index in [0.717, 1.165) is 25.1 Å². The second-order valence-corrected chi connectivity index (χ2v) is 7.88. The first-order valence-corrected chi connectivity index (χ1v) is 10.6. The number of hydrogen-bond donors (Lipinski definition) is 0. The lowest BCUT2D eigenvalue weighted by atomic mass is 9.99. The first-order chi connectivity index (χ1) is 14.5. The minimum absolute atomic E-state index is 0.0253. The Morgan fingerprint density at radius 2 is 1.87 bits per heavy atom. The van der Waals surface area contributed by atoms with Crippen LogP contribution < -0.4 is 4.90 Å². The molecule has 2 amide bonds. The minimum Gasteiger partial charge on any atom is -0.336 e. The van der Waals surface area contributed by atoms with Gasteiger partial charge >= 0.3 is 0 Å². The number of carbonyl (C=O) groups excluding carboxylic acids is 2. The number of aryl methyl sites for hydroxylation is 2. The molecule has 30 heavy (non-hydrogen) atoms. The molecule has 1 aliphatic rings. The molecule has 5 nitrogen and oxygen atoms in total. The van der Waals surface area contributed by atoms with Crippen LogP contribution in [0.1, 0.15) is 54.8 Å². The summed E-state index contributed by atoms with van der Waals surface area (Å²) in [6.07, 6.45) is 2.54. The van der Waals surface area contributed by atoms with Gasteiger partial charge in [0.1, 0.15) is 0 Å². The monoisotopic (exact) mass is 403 g/mol. The Morgan fingerprint density at radius 1 is 1.10 bits per heavy atom. The van der Waals surface area contributed by atoms with E-state index in [1.54, 1.807) is 4.90 Å². The smallest absolute Gasteiger partial charge is 0.227 e. The van der Waals surface area contributed by atoms with Gasteiger partial charge in [0.15, 0.2) is 0 Å². The zero-order chi connectivity index (χ0) is 21.5. The Morgan fingerprint density at radius 3 is 2.57 bits per heavy atom. The molecule has 2 aromatic carbocycles. The molecule has 2 aromatic rings. The number of benzene rings is 2. The molecule has 1 unspecified atom stereocenters. The topological polar surface area (TPSA) is 64.4 Å². The molecule has 1 atom stereocenters. The molecule has 1 heterocycles. The van der Waals surface area contributed by atoms with Crippen LogP contribution in [0, 0.1) is 25.2 Å². The molecule has 5 heteroatoms. The number of amides is 2. The number of carbonyl (C=O) groups is 2. The average Bonchev–Trinajstić information content (AvgIpc) is 3.25. The predicted molar refractivity (Wildman–Crippen MR) is 118 cm³/mol. The maximum Gasteiger partial charge on any atom is 0.227 e. The van der Waals surface area contributed by atoms with E-state index in [4.69, 9.17) is 5.26 Å². The molecule has 0 saturated carbocycles. The van der Waals surface area contributed by atoms with E-state index in [1.807, 2.05) is 35.2 Å². The lowest BCUT2D eigenvalue weighted by Crippen LogP contribution is -2.34. The average molecular weight is 404 g/mol. The van der Waals surface area contributed by atoms with E-state index in [9.17, 15) is 9.59 Å². The van der Waals surface area contributed by atoms with Gasteiger partial charge in [-0.1, -0.05) is 36.4 Å². The standard InChI is InChI=1S/C25H29N3O2/c1-19-11-12-21(18-20(19)2)23-10-6-16-28(23)25(30)14-13-24(29)27(17-7-15-26)22-8-4-3-5-9-22/h3-5,8-9,11-12,18,23H,6-7,10,13-14,16-17H2,1-2H3. The van der Waals surface area contributed by atoms with Gasteiger partial charge in [0, 0.05) is 31.6 Å². The number of para-hydroxylation sites is 1. The summed E-state index contributed by atoms with van der Waals surface area (Å²) in [5.74, 6) is -0.0934. The maximum absolute atomic E-state index is 13.0. The van der Waals surface area contributed by atoms with Crippen LogP contribution in [0.25, 0.3) is 0 Å². The van der Waals surface area contributed by atoms with E-state index in [-0.39, 0.29) is 37.1 Å². The number of likely N-dealkylation sites (tertiary alicyclic amines) is 1. The van der Waals surface area contributed by atoms with Crippen molar-refractivity contribution in [3.63, 3.8) is 0 Å². The Labute approximate surface area is 178 Å². The summed E-state index contributed by atoms with van der Waals surface area (Å²) >= 11 is 0. The molecule has 0 aromatic heterocycles. The van der Waals surface area contributed by atoms with E-state index in [2.05, 4.69) is 38.1 Å². The van der Waals surface area contributed by atoms with Crippen molar-refractivity contribution < 1.29 is 9.59 Å². The Balaban J connectivity index is 1.65. The summed E-state index contributed by atoms with van der Waals surface area (Å²) in [5, 5.41) is 8.93. The van der Waals surface area contributed by atoms with Crippen LogP contribution in [0.3, 0.4) is 0 Å². The number of anilines is 1. The van der Waals surface area contributed by atoms with E-state index >= 15 is 0 Å². The van der Waals surface area contributed by atoms with Crippen molar-refractivity contribution in [1.29, 1.82) is 5.26 Å². The van der Waals surface area contributed by atoms with Crippen LogP contribution in [-0.4, -0.2) is 29.8 Å². The van der Waals surface area contributed by atoms with Gasteiger partial charge in [-0.3, -0.25) is 9.59 Å². The number of rotatable bonds is 7. The summed E-state index contributed by atoms with van der Waals surface area (Å²) in [6.45, 7) is 5.26. The third-order valence-corrected chi connectivity index (χ3v) is 5.86. The third kappa shape index (κ3) is 5.07. The summed E-state index contributed by atoms with van der Waals surface area (Å²) in [4.78, 5) is 29.4. The van der Waals surface area contributed by atoms with E-state index < -0.39 is 0 Å². The Bertz CT molecular complexity index is 933. The molecule has 0 radical (unpaired) electrons. The number of hydrogen-bond acceptors (Lipinski definition) is 3. The number of nitriles is 1. The van der Waals surface area contributed by atoms with Crippen LogP contribution in [0.4, 0.5) is 5.69 Å². The van der Waals surface area contributed by atoms with Gasteiger partial charge in [0.05, 0.1) is 18.5 Å². The van der Waals surface area contributed by atoms with Crippen molar-refractivity contribution in [3.8, 4) is 6.07 Å². The maximum atomic E-state index is 13.0. The van der Waals surface area contributed by atoms with Gasteiger partial charge in [-0.2, -0.15) is 5.26 Å². The fourth-order valence-electron chi connectivity index (χ4n) is 4.04. The molecule has 1 aliphatic heterocycles. The molecule has 156 valence electrons. The zero-order valence-corrected chi connectivity index (χ0v) is 17.8. The molecule has 3 rings (SSSR count). The molecular weight excluding hydrogens is 374 g/mol. The first-order valence-electron chi connectivity index (χ1n) is 10.6. The molecule has 1 fully saturated rings. The Kier molecular flexibility index (Phi) is 7.24. The van der Waals surface area contributed by atoms with Gasteiger partial charge in [-0.05, 0) is 55.5 Å². The van der Waals surface area contributed by atoms with Gasteiger partial charge < -0.3 is 9.80 Å². The van der Waals surface area contributed by atoms with E-state index in [1.165, 1.54) is 16.7 Å². The largest absolute Gasteiger partial charge is 0.336 e. The van der Waals surface area contributed by atoms with Crippen molar-refractivity contribution in [2.75, 3.05) is 18.0 Å². The normalized spacial score (nSPS) is 15.6. The van der Waals surface area contributed by atoms with Crippen molar-refractivity contribution in [3.05, 3.63) is 65.2 Å². The summed E-state index contributed by atoms with van der Waals surface area (Å²) in [6, 6.07) is 17.9. The van der Waals surface area contributed by atoms with E-state index in [0.29, 0.717) is 6.54 Å². The van der Waals surface area contributed by atoms with Crippen molar-refractivity contribution >= 4 is 17.5 Å². The van der Waals surface area contributed by atoms with Crippen LogP contribution >= 0.6 is 0 Å². The quantitative estimate of drug-likeness (QED) is 0.673. The second-order valence-electron chi connectivity index (χ2n) is 7.88. The van der Waals surface area contributed by atoms with Crippen molar-refractivity contribution in [2.45, 2.75) is 52.0 Å². The molecule has 0 aliphatic carbocycles. The van der Waals surface area contributed by atoms with Crippen LogP contribution in [0.15, 0.2) is 48.5 Å². The minimum atomic E-state index is -0.119. The molecule has 0 N–H and O–H groups in total. The third-order valence-electron chi connectivity index (χ3n) is 5.86.